The second-order valence-corrected chi connectivity index (χ2v) is 8.09. The molecule has 4 N–H and O–H groups in total. The molecule has 2 aliphatic rings. The number of nitrogens with two attached hydrogens (primary N) is 1. The van der Waals surface area contributed by atoms with Crippen molar-refractivity contribution in [3.63, 3.8) is 0 Å². The van der Waals surface area contributed by atoms with Gasteiger partial charge in [0.25, 0.3) is 5.91 Å². The molecule has 1 saturated heterocycles. The monoisotopic (exact) mass is 422 g/mol. The number of hydroxylamine groups is 3. The molecule has 0 aliphatic carbocycles. The van der Waals surface area contributed by atoms with E-state index in [4.69, 9.17) is 5.73 Å². The number of benzene rings is 2. The van der Waals surface area contributed by atoms with Crippen molar-refractivity contribution in [3.05, 3.63) is 69.9 Å². The Morgan fingerprint density at radius 1 is 1.06 bits per heavy atom. The first-order valence-electron chi connectivity index (χ1n) is 10.5. The summed E-state index contributed by atoms with van der Waals surface area (Å²) < 4.78 is -1.27. The Labute approximate surface area is 180 Å². The average molecular weight is 422 g/mol. The Morgan fingerprint density at radius 3 is 2.45 bits per heavy atom. The van der Waals surface area contributed by atoms with Crippen LogP contribution in [0.15, 0.2) is 42.5 Å². The maximum atomic E-state index is 13.5. The third-order valence-corrected chi connectivity index (χ3v) is 6.04. The minimum Gasteiger partial charge on any atom is -0.624 e. The maximum Gasteiger partial charge on any atom is 0.347 e. The van der Waals surface area contributed by atoms with E-state index in [1.165, 1.54) is 11.1 Å². The van der Waals surface area contributed by atoms with E-state index < -0.39 is 28.4 Å². The molecule has 8 heteroatoms. The summed E-state index contributed by atoms with van der Waals surface area (Å²) in [5.74, 6) is -1.70. The van der Waals surface area contributed by atoms with Crippen molar-refractivity contribution < 1.29 is 19.0 Å². The van der Waals surface area contributed by atoms with E-state index in [9.17, 15) is 19.6 Å². The molecule has 3 amide bonds. The summed E-state index contributed by atoms with van der Waals surface area (Å²) in [5.41, 5.74) is 9.67. The first-order chi connectivity index (χ1) is 14.9. The second kappa shape index (κ2) is 8.58. The molecule has 2 aromatic rings. The highest BCUT2D eigenvalue weighted by Gasteiger charge is 2.49. The van der Waals surface area contributed by atoms with Crippen molar-refractivity contribution in [2.24, 2.45) is 5.73 Å². The van der Waals surface area contributed by atoms with Gasteiger partial charge in [-0.1, -0.05) is 30.3 Å². The molecule has 1 fully saturated rings. The van der Waals surface area contributed by atoms with Crippen molar-refractivity contribution >= 4 is 23.4 Å². The van der Waals surface area contributed by atoms with Crippen molar-refractivity contribution in [2.45, 2.75) is 38.3 Å². The van der Waals surface area contributed by atoms with Crippen LogP contribution in [0, 0.1) is 5.21 Å². The van der Waals surface area contributed by atoms with Crippen LogP contribution < -0.4 is 16.4 Å². The fourth-order valence-corrected chi connectivity index (χ4v) is 4.35. The zero-order valence-corrected chi connectivity index (χ0v) is 17.2. The predicted octanol–water partition coefficient (Wildman–Crippen LogP) is 1.62. The Hall–Kier alpha value is -3.07. The van der Waals surface area contributed by atoms with Crippen LogP contribution in [0.4, 0.5) is 5.69 Å². The van der Waals surface area contributed by atoms with Crippen molar-refractivity contribution in [1.82, 2.24) is 5.32 Å². The highest BCUT2D eigenvalue weighted by molar-refractivity contribution is 6.02. The third kappa shape index (κ3) is 4.10. The van der Waals surface area contributed by atoms with Gasteiger partial charge in [-0.05, 0) is 42.6 Å². The molecule has 2 atom stereocenters. The van der Waals surface area contributed by atoms with Crippen LogP contribution in [0.25, 0.3) is 0 Å². The van der Waals surface area contributed by atoms with Gasteiger partial charge in [-0.25, -0.2) is 4.79 Å². The summed E-state index contributed by atoms with van der Waals surface area (Å²) in [6, 6.07) is 12.4. The van der Waals surface area contributed by atoms with E-state index in [1.54, 1.807) is 12.1 Å². The van der Waals surface area contributed by atoms with E-state index in [0.717, 1.165) is 18.5 Å². The molecule has 0 bridgehead atoms. The van der Waals surface area contributed by atoms with E-state index in [-0.39, 0.29) is 19.4 Å². The highest BCUT2D eigenvalue weighted by atomic mass is 16.6. The molecule has 2 aliphatic heterocycles. The molecule has 4 rings (SSSR count). The number of hydrogen-bond donors (Lipinski definition) is 3. The predicted molar refractivity (Wildman–Crippen MR) is 116 cm³/mol. The zero-order valence-electron chi connectivity index (χ0n) is 17.2. The molecule has 2 unspecified atom stereocenters. The molecule has 2 heterocycles. The minimum atomic E-state index is -1.27. The molecule has 31 heavy (non-hydrogen) atoms. The van der Waals surface area contributed by atoms with Gasteiger partial charge in [0.15, 0.2) is 6.04 Å². The maximum absolute atomic E-state index is 13.5. The zero-order chi connectivity index (χ0) is 22.0. The topological polar surface area (TPSA) is 124 Å². The van der Waals surface area contributed by atoms with Gasteiger partial charge in [-0.15, -0.1) is 0 Å². The second-order valence-electron chi connectivity index (χ2n) is 8.09. The molecule has 0 spiro atoms. The molecule has 0 saturated carbocycles. The summed E-state index contributed by atoms with van der Waals surface area (Å²) in [7, 11) is 0. The van der Waals surface area contributed by atoms with Crippen LogP contribution in [0.3, 0.4) is 0 Å². The SMILES string of the molecule is NCCc1ccc(CCNc2cccc3c2C[N+]([O-])(C2CCC(=O)NC2=O)C3=O)cc1. The van der Waals surface area contributed by atoms with Gasteiger partial charge in [-0.2, -0.15) is 0 Å². The third-order valence-electron chi connectivity index (χ3n) is 6.04. The lowest BCUT2D eigenvalue weighted by Gasteiger charge is -2.42. The molecule has 0 radical (unpaired) electrons. The van der Waals surface area contributed by atoms with Gasteiger partial charge >= 0.3 is 5.91 Å². The number of hydrogen-bond acceptors (Lipinski definition) is 6. The Balaban J connectivity index is 1.46. The lowest BCUT2D eigenvalue weighted by molar-refractivity contribution is -0.825. The van der Waals surface area contributed by atoms with E-state index in [1.807, 2.05) is 6.07 Å². The number of quaternary nitrogens is 1. The number of carbonyl (C=O) groups is 3. The van der Waals surface area contributed by atoms with Gasteiger partial charge in [-0.3, -0.25) is 19.6 Å². The summed E-state index contributed by atoms with van der Waals surface area (Å²) >= 11 is 0. The summed E-state index contributed by atoms with van der Waals surface area (Å²) in [4.78, 5) is 36.6. The van der Waals surface area contributed by atoms with Gasteiger partial charge < -0.3 is 16.3 Å². The van der Waals surface area contributed by atoms with Crippen molar-refractivity contribution in [3.8, 4) is 0 Å². The fraction of sp³-hybridized carbons (Fsp3) is 0.348. The Morgan fingerprint density at radius 2 is 1.77 bits per heavy atom. The number of amides is 3. The summed E-state index contributed by atoms with van der Waals surface area (Å²) in [6.45, 7) is 1.15. The molecule has 0 aromatic heterocycles. The molecular formula is C23H26N4O4. The first-order valence-corrected chi connectivity index (χ1v) is 10.5. The smallest absolute Gasteiger partial charge is 0.347 e. The van der Waals surface area contributed by atoms with E-state index in [0.29, 0.717) is 24.2 Å². The van der Waals surface area contributed by atoms with E-state index in [2.05, 4.69) is 34.9 Å². The largest absolute Gasteiger partial charge is 0.624 e. The standard InChI is InChI=1S/C23H26N4O4/c24-12-10-15-4-6-16(7-5-15)11-13-25-19-3-1-2-17-18(19)14-27(31,23(17)30)20-8-9-21(28)26-22(20)29/h1-7,20,25H,8-14,24H2,(H,26,28,29). The van der Waals surface area contributed by atoms with Gasteiger partial charge in [0.2, 0.25) is 5.91 Å². The van der Waals surface area contributed by atoms with Gasteiger partial charge in [0.1, 0.15) is 6.54 Å². The minimum absolute atomic E-state index is 0.0669. The molecular weight excluding hydrogens is 396 g/mol. The number of imide groups is 1. The van der Waals surface area contributed by atoms with Gasteiger partial charge in [0, 0.05) is 30.6 Å². The van der Waals surface area contributed by atoms with Crippen LogP contribution in [-0.2, 0) is 29.0 Å². The Bertz CT molecular complexity index is 1020. The lowest BCUT2D eigenvalue weighted by atomic mass is 10.0. The molecule has 2 aromatic carbocycles. The molecule has 162 valence electrons. The molecule has 8 nitrogen and oxygen atoms in total. The van der Waals surface area contributed by atoms with Gasteiger partial charge in [0.05, 0.1) is 5.56 Å². The lowest BCUT2D eigenvalue weighted by Crippen LogP contribution is -2.60. The number of carbonyl (C=O) groups excluding carboxylic acids is 3. The number of piperidine rings is 1. The van der Waals surface area contributed by atoms with Crippen LogP contribution in [-0.4, -0.2) is 41.5 Å². The Kier molecular flexibility index (Phi) is 5.86. The summed E-state index contributed by atoms with van der Waals surface area (Å²) in [6.07, 6.45) is 1.78. The fourth-order valence-electron chi connectivity index (χ4n) is 4.35. The van der Waals surface area contributed by atoms with Crippen LogP contribution in [0.5, 0.6) is 0 Å². The van der Waals surface area contributed by atoms with E-state index >= 15 is 0 Å². The number of rotatable bonds is 7. The van der Waals surface area contributed by atoms with Crippen molar-refractivity contribution in [1.29, 1.82) is 0 Å². The summed E-state index contributed by atoms with van der Waals surface area (Å²) in [5, 5.41) is 19.0. The normalized spacial score (nSPS) is 22.9. The quantitative estimate of drug-likeness (QED) is 0.354. The number of nitrogens with one attached hydrogen (secondary N) is 2. The van der Waals surface area contributed by atoms with Crippen LogP contribution in [0.2, 0.25) is 0 Å². The van der Waals surface area contributed by atoms with Crippen LogP contribution >= 0.6 is 0 Å². The number of fused-ring (bicyclic) bond motifs is 1. The number of nitrogens with zero attached hydrogens (tertiary/aromatic N) is 1. The van der Waals surface area contributed by atoms with Crippen LogP contribution in [0.1, 0.15) is 39.9 Å². The van der Waals surface area contributed by atoms with Crippen molar-refractivity contribution in [2.75, 3.05) is 18.4 Å². The first kappa shape index (κ1) is 21.2. The highest BCUT2D eigenvalue weighted by Crippen LogP contribution is 2.37. The average Bonchev–Trinajstić information content (AvgIpc) is 3.01. The number of anilines is 1.